The zero-order valence-corrected chi connectivity index (χ0v) is 21.0. The summed E-state index contributed by atoms with van der Waals surface area (Å²) in [6.07, 6.45) is 4.54. The molecule has 0 aliphatic carbocycles. The van der Waals surface area contributed by atoms with Gasteiger partial charge < -0.3 is 14.2 Å². The van der Waals surface area contributed by atoms with Gasteiger partial charge in [0, 0.05) is 42.3 Å². The van der Waals surface area contributed by atoms with Crippen molar-refractivity contribution < 1.29 is 27.4 Å². The van der Waals surface area contributed by atoms with Crippen molar-refractivity contribution in [3.8, 4) is 28.8 Å². The second-order valence-corrected chi connectivity index (χ2v) is 7.74. The van der Waals surface area contributed by atoms with Gasteiger partial charge in [0.25, 0.3) is 5.56 Å². The fourth-order valence-corrected chi connectivity index (χ4v) is 3.01. The summed E-state index contributed by atoms with van der Waals surface area (Å²) in [6, 6.07) is 5.97. The molecule has 0 aliphatic rings. The Balaban J connectivity index is 0.000000336. The monoisotopic (exact) mass is 550 g/mol. The molecule has 0 saturated heterocycles. The summed E-state index contributed by atoms with van der Waals surface area (Å²) in [5, 5.41) is 4.24. The summed E-state index contributed by atoms with van der Waals surface area (Å²) in [5.74, 6) is 1.77. The van der Waals surface area contributed by atoms with Gasteiger partial charge in [-0.3, -0.25) is 14.8 Å². The predicted molar refractivity (Wildman–Crippen MR) is 131 cm³/mol. The fraction of sp³-hybridized carbons (Fsp3) is 0.250. The number of pyridine rings is 2. The van der Waals surface area contributed by atoms with E-state index in [9.17, 15) is 18.0 Å². The molecular weight excluding hydrogens is 529 g/mol. The molecule has 0 unspecified atom stereocenters. The summed E-state index contributed by atoms with van der Waals surface area (Å²) in [4.78, 5) is 27.5. The molecule has 0 aliphatic heterocycles. The smallest absolute Gasteiger partial charge is 0.422 e. The Bertz CT molecular complexity index is 1370. The first-order chi connectivity index (χ1) is 18.2. The van der Waals surface area contributed by atoms with E-state index in [1.807, 2.05) is 6.07 Å². The van der Waals surface area contributed by atoms with Gasteiger partial charge in [-0.2, -0.15) is 18.3 Å². The van der Waals surface area contributed by atoms with E-state index < -0.39 is 18.8 Å². The number of hydrogen-bond acceptors (Lipinski definition) is 9. The Kier molecular flexibility index (Phi) is 9.93. The summed E-state index contributed by atoms with van der Waals surface area (Å²) in [5.41, 5.74) is 2.13. The molecule has 0 spiro atoms. The predicted octanol–water partition coefficient (Wildman–Crippen LogP) is 3.92. The van der Waals surface area contributed by atoms with Crippen LogP contribution < -0.4 is 19.8 Å². The molecule has 0 aromatic carbocycles. The highest BCUT2D eigenvalue weighted by Crippen LogP contribution is 2.18. The highest BCUT2D eigenvalue weighted by Gasteiger charge is 2.28. The van der Waals surface area contributed by atoms with Crippen molar-refractivity contribution in [3.05, 3.63) is 82.9 Å². The van der Waals surface area contributed by atoms with E-state index in [-0.39, 0.29) is 12.1 Å². The number of aromatic nitrogens is 6. The van der Waals surface area contributed by atoms with E-state index in [1.54, 1.807) is 31.8 Å². The largest absolute Gasteiger partial charge is 0.495 e. The fourth-order valence-electron chi connectivity index (χ4n) is 2.87. The molecule has 38 heavy (non-hydrogen) atoms. The van der Waals surface area contributed by atoms with Crippen molar-refractivity contribution in [2.45, 2.75) is 18.6 Å². The molecule has 14 heteroatoms. The molecule has 0 N–H and O–H groups in total. The van der Waals surface area contributed by atoms with Crippen LogP contribution in [0, 0.1) is 0 Å². The lowest BCUT2D eigenvalue weighted by molar-refractivity contribution is -0.154. The molecule has 200 valence electrons. The molecule has 4 rings (SSSR count). The molecular formula is C24H22ClF3N6O4. The van der Waals surface area contributed by atoms with Crippen molar-refractivity contribution >= 4 is 11.6 Å². The molecule has 4 aromatic rings. The summed E-state index contributed by atoms with van der Waals surface area (Å²) >= 11 is 5.56. The van der Waals surface area contributed by atoms with Crippen LogP contribution in [0.25, 0.3) is 11.3 Å². The number of alkyl halides is 4. The average molecular weight is 551 g/mol. The molecule has 0 saturated carbocycles. The lowest BCUT2D eigenvalue weighted by atomic mass is 10.2. The Labute approximate surface area is 220 Å². The van der Waals surface area contributed by atoms with Gasteiger partial charge in [0.15, 0.2) is 6.61 Å². The molecule has 0 amide bonds. The maximum absolute atomic E-state index is 12.2. The molecule has 0 bridgehead atoms. The van der Waals surface area contributed by atoms with Crippen LogP contribution in [-0.2, 0) is 12.4 Å². The normalized spacial score (nSPS) is 10.8. The average Bonchev–Trinajstić information content (AvgIpc) is 2.93. The summed E-state index contributed by atoms with van der Waals surface area (Å²) in [7, 11) is 3.11. The Morgan fingerprint density at radius 3 is 2.08 bits per heavy atom. The molecule has 0 fully saturated rings. The van der Waals surface area contributed by atoms with Crippen LogP contribution >= 0.6 is 11.6 Å². The minimum Gasteiger partial charge on any atom is -0.495 e. The third kappa shape index (κ3) is 8.69. The van der Waals surface area contributed by atoms with E-state index in [0.29, 0.717) is 28.5 Å². The number of ether oxygens (including phenoxy) is 3. The van der Waals surface area contributed by atoms with Gasteiger partial charge in [-0.1, -0.05) is 0 Å². The van der Waals surface area contributed by atoms with Gasteiger partial charge in [0.2, 0.25) is 0 Å². The highest BCUT2D eigenvalue weighted by molar-refractivity contribution is 6.17. The van der Waals surface area contributed by atoms with Crippen LogP contribution in [0.2, 0.25) is 0 Å². The summed E-state index contributed by atoms with van der Waals surface area (Å²) in [6.45, 7) is -1.32. The van der Waals surface area contributed by atoms with Crippen LogP contribution in [0.3, 0.4) is 0 Å². The van der Waals surface area contributed by atoms with Gasteiger partial charge in [-0.15, -0.1) is 11.6 Å². The first-order valence-electron chi connectivity index (χ1n) is 10.8. The topological polar surface area (TPSA) is 114 Å². The van der Waals surface area contributed by atoms with Crippen LogP contribution in [0.15, 0.2) is 66.2 Å². The van der Waals surface area contributed by atoms with Crippen molar-refractivity contribution in [2.75, 3.05) is 20.8 Å². The van der Waals surface area contributed by atoms with Gasteiger partial charge >= 0.3 is 12.2 Å². The van der Waals surface area contributed by atoms with Gasteiger partial charge in [-0.25, -0.2) is 14.6 Å². The van der Waals surface area contributed by atoms with Gasteiger partial charge in [0.1, 0.15) is 11.5 Å². The van der Waals surface area contributed by atoms with Crippen molar-refractivity contribution in [2.24, 2.45) is 0 Å². The molecule has 0 radical (unpaired) electrons. The van der Waals surface area contributed by atoms with E-state index >= 15 is 0 Å². The zero-order chi connectivity index (χ0) is 27.5. The minimum atomic E-state index is -4.48. The van der Waals surface area contributed by atoms with Crippen molar-refractivity contribution in [1.29, 1.82) is 0 Å². The van der Waals surface area contributed by atoms with Crippen LogP contribution in [0.1, 0.15) is 11.1 Å². The lowest BCUT2D eigenvalue weighted by Gasteiger charge is -2.09. The summed E-state index contributed by atoms with van der Waals surface area (Å²) < 4.78 is 52.2. The standard InChI is InChI=1S/C17H14F3N5O3.C7H8ClNO/c1-27-13-4-11(5-21-8-13)9-25-15(26)3-2-14(24-25)12-6-22-16(23-7-12)28-10-17(18,19)20;1-10-7-2-6(3-8)4-9-5-7/h2-8H,9-10H2,1H3;2,4-5H,3H2,1H3. The Hall–Kier alpha value is -4.26. The molecule has 4 aromatic heterocycles. The lowest BCUT2D eigenvalue weighted by Crippen LogP contribution is -2.23. The third-order valence-corrected chi connectivity index (χ3v) is 4.96. The number of rotatable bonds is 8. The van der Waals surface area contributed by atoms with Crippen LogP contribution in [0.4, 0.5) is 13.2 Å². The van der Waals surface area contributed by atoms with E-state index in [0.717, 1.165) is 11.3 Å². The Morgan fingerprint density at radius 1 is 0.895 bits per heavy atom. The quantitative estimate of drug-likeness (QED) is 0.301. The van der Waals surface area contributed by atoms with Crippen molar-refractivity contribution in [3.63, 3.8) is 0 Å². The maximum Gasteiger partial charge on any atom is 0.422 e. The first kappa shape index (κ1) is 28.3. The van der Waals surface area contributed by atoms with Crippen LogP contribution in [-0.4, -0.2) is 56.7 Å². The third-order valence-electron chi connectivity index (χ3n) is 4.65. The molecule has 4 heterocycles. The van der Waals surface area contributed by atoms with Gasteiger partial charge in [-0.05, 0) is 29.3 Å². The highest BCUT2D eigenvalue weighted by atomic mass is 35.5. The number of nitrogens with zero attached hydrogens (tertiary/aromatic N) is 6. The SMILES string of the molecule is COc1cncc(CCl)c1.COc1cncc(Cn2nc(-c3cnc(OCC(F)(F)F)nc3)ccc2=O)c1. The second kappa shape index (κ2) is 13.3. The van der Waals surface area contributed by atoms with Gasteiger partial charge in [0.05, 0.1) is 38.9 Å². The van der Waals surface area contributed by atoms with Crippen LogP contribution in [0.5, 0.6) is 17.5 Å². The first-order valence-corrected chi connectivity index (χ1v) is 11.4. The van der Waals surface area contributed by atoms with E-state index in [1.165, 1.54) is 42.5 Å². The number of methoxy groups -OCH3 is 2. The zero-order valence-electron chi connectivity index (χ0n) is 20.2. The second-order valence-electron chi connectivity index (χ2n) is 7.47. The number of halogens is 4. The van der Waals surface area contributed by atoms with E-state index in [4.69, 9.17) is 21.1 Å². The molecule has 10 nitrogen and oxygen atoms in total. The molecule has 0 atom stereocenters. The number of hydrogen-bond donors (Lipinski definition) is 0. The maximum atomic E-state index is 12.2. The Morgan fingerprint density at radius 2 is 1.50 bits per heavy atom. The minimum absolute atomic E-state index is 0.157. The van der Waals surface area contributed by atoms with Crippen molar-refractivity contribution in [1.82, 2.24) is 29.7 Å². The van der Waals surface area contributed by atoms with E-state index in [2.05, 4.69) is 29.8 Å².